The molecule has 7 heteroatoms. The number of carbonyl (C=O) groups excluding carboxylic acids is 1. The molecule has 1 atom stereocenters. The van der Waals surface area contributed by atoms with Crippen molar-refractivity contribution in [3.05, 3.63) is 34.9 Å². The van der Waals surface area contributed by atoms with Gasteiger partial charge >= 0.3 is 7.60 Å². The molecule has 0 heterocycles. The van der Waals surface area contributed by atoms with Crippen LogP contribution in [-0.4, -0.2) is 24.1 Å². The minimum absolute atomic E-state index is 0.0814. The summed E-state index contributed by atoms with van der Waals surface area (Å²) in [7, 11) is -3.96. The van der Waals surface area contributed by atoms with Crippen LogP contribution in [0.1, 0.15) is 32.8 Å². The Morgan fingerprint density at radius 1 is 1.33 bits per heavy atom. The number of carbonyl (C=O) groups is 1. The molecule has 0 aliphatic carbocycles. The number of halogens is 1. The molecule has 1 unspecified atom stereocenters. The number of hydrogen-bond donors (Lipinski definition) is 1. The molecule has 0 aliphatic heterocycles. The smallest absolute Gasteiger partial charge is 0.366 e. The average molecular weight is 335 g/mol. The Morgan fingerprint density at radius 2 is 1.90 bits per heavy atom. The normalized spacial score (nSPS) is 14.7. The molecule has 0 saturated heterocycles. The number of aliphatic hydroxyl groups is 1. The second-order valence-electron chi connectivity index (χ2n) is 4.54. The fraction of sp³-hybridized carbons (Fsp3) is 0.500. The zero-order valence-corrected chi connectivity index (χ0v) is 14.0. The summed E-state index contributed by atoms with van der Waals surface area (Å²) in [6, 6.07) is 6.21. The second-order valence-corrected chi connectivity index (χ2v) is 7.23. The summed E-state index contributed by atoms with van der Waals surface area (Å²) in [6.07, 6.45) is -0.384. The molecule has 0 amide bonds. The number of Topliss-reactive ketones (excluding diaryl/α,β-unsaturated/α-hetero) is 1. The van der Waals surface area contributed by atoms with E-state index < -0.39 is 12.9 Å². The van der Waals surface area contributed by atoms with Gasteiger partial charge < -0.3 is 14.2 Å². The minimum atomic E-state index is -3.96. The van der Waals surface area contributed by atoms with Crippen molar-refractivity contribution in [2.24, 2.45) is 0 Å². The summed E-state index contributed by atoms with van der Waals surface area (Å²) in [5.41, 5.74) is 0.232. The van der Waals surface area contributed by atoms with Gasteiger partial charge in [0, 0.05) is 5.02 Å². The quantitative estimate of drug-likeness (QED) is 0.733. The van der Waals surface area contributed by atoms with Gasteiger partial charge in [-0.25, -0.2) is 0 Å². The third-order valence-corrected chi connectivity index (χ3v) is 5.59. The van der Waals surface area contributed by atoms with Gasteiger partial charge in [-0.3, -0.25) is 9.36 Å². The van der Waals surface area contributed by atoms with Crippen LogP contribution in [0.4, 0.5) is 0 Å². The highest BCUT2D eigenvalue weighted by Gasteiger charge is 2.52. The van der Waals surface area contributed by atoms with Crippen LogP contribution < -0.4 is 0 Å². The summed E-state index contributed by atoms with van der Waals surface area (Å²) >= 11 is 5.92. The van der Waals surface area contributed by atoms with E-state index in [9.17, 15) is 14.5 Å². The van der Waals surface area contributed by atoms with Crippen molar-refractivity contribution in [1.29, 1.82) is 0 Å². The van der Waals surface area contributed by atoms with Gasteiger partial charge in [-0.2, -0.15) is 0 Å². The Balaban J connectivity index is 3.43. The van der Waals surface area contributed by atoms with Crippen LogP contribution in [0.2, 0.25) is 5.02 Å². The van der Waals surface area contributed by atoms with Crippen molar-refractivity contribution in [1.82, 2.24) is 0 Å². The van der Waals surface area contributed by atoms with Gasteiger partial charge in [-0.1, -0.05) is 23.7 Å². The lowest BCUT2D eigenvalue weighted by molar-refractivity contribution is -0.120. The first-order valence-corrected chi connectivity index (χ1v) is 8.58. The monoisotopic (exact) mass is 334 g/mol. The molecule has 5 nitrogen and oxygen atoms in total. The summed E-state index contributed by atoms with van der Waals surface area (Å²) in [5, 5.41) is 9.26. The van der Waals surface area contributed by atoms with Crippen molar-refractivity contribution in [3.8, 4) is 0 Å². The topological polar surface area (TPSA) is 72.8 Å². The number of rotatable bonds is 8. The number of hydrogen-bond acceptors (Lipinski definition) is 5. The first-order valence-electron chi connectivity index (χ1n) is 6.66. The summed E-state index contributed by atoms with van der Waals surface area (Å²) in [6.45, 7) is 4.74. The SMILES string of the molecule is CCOP(=O)(OCC)C(O)(CC(C)=O)c1cccc(Cl)c1. The Morgan fingerprint density at radius 3 is 2.33 bits per heavy atom. The third-order valence-electron chi connectivity index (χ3n) is 2.83. The molecular weight excluding hydrogens is 315 g/mol. The lowest BCUT2D eigenvalue weighted by Crippen LogP contribution is -2.30. The maximum Gasteiger partial charge on any atom is 0.366 e. The van der Waals surface area contributed by atoms with Crippen LogP contribution in [0.15, 0.2) is 24.3 Å². The standard InChI is InChI=1S/C14H20ClO5P/c1-4-19-21(18,20-5-2)14(17,10-11(3)16)12-7-6-8-13(15)9-12/h6-9,17H,4-5,10H2,1-3H3. The molecule has 1 aromatic carbocycles. The van der Waals surface area contributed by atoms with Crippen LogP contribution in [-0.2, 0) is 23.7 Å². The van der Waals surface area contributed by atoms with Crippen molar-refractivity contribution in [2.45, 2.75) is 32.5 Å². The van der Waals surface area contributed by atoms with Gasteiger partial charge in [-0.05, 0) is 38.5 Å². The second kappa shape index (κ2) is 7.52. The molecule has 21 heavy (non-hydrogen) atoms. The summed E-state index contributed by atoms with van der Waals surface area (Å²) < 4.78 is 23.4. The molecule has 1 N–H and O–H groups in total. The van der Waals surface area contributed by atoms with E-state index in [-0.39, 0.29) is 31.0 Å². The number of ketones is 1. The molecule has 1 rings (SSSR count). The fourth-order valence-electron chi connectivity index (χ4n) is 2.03. The average Bonchev–Trinajstić information content (AvgIpc) is 2.38. The Hall–Kier alpha value is -0.710. The Kier molecular flexibility index (Phi) is 6.57. The third kappa shape index (κ3) is 4.15. The van der Waals surface area contributed by atoms with E-state index in [1.54, 1.807) is 32.0 Å². The first-order chi connectivity index (χ1) is 9.79. The molecule has 0 fully saturated rings. The van der Waals surface area contributed by atoms with Gasteiger partial charge in [0.1, 0.15) is 5.78 Å². The predicted molar refractivity (Wildman–Crippen MR) is 81.5 cm³/mol. The van der Waals surface area contributed by atoms with Gasteiger partial charge in [0.15, 0.2) is 5.34 Å². The molecule has 118 valence electrons. The van der Waals surface area contributed by atoms with E-state index in [4.69, 9.17) is 20.6 Å². The molecule has 0 radical (unpaired) electrons. The van der Waals surface area contributed by atoms with Crippen LogP contribution in [0, 0.1) is 0 Å². The van der Waals surface area contributed by atoms with E-state index in [1.165, 1.54) is 13.0 Å². The maximum atomic E-state index is 13.0. The highest BCUT2D eigenvalue weighted by atomic mass is 35.5. The lowest BCUT2D eigenvalue weighted by atomic mass is 10.0. The van der Waals surface area contributed by atoms with E-state index in [0.29, 0.717) is 5.02 Å². The number of benzene rings is 1. The van der Waals surface area contributed by atoms with E-state index >= 15 is 0 Å². The highest BCUT2D eigenvalue weighted by molar-refractivity contribution is 7.55. The summed E-state index contributed by atoms with van der Waals surface area (Å²) in [4.78, 5) is 11.5. The van der Waals surface area contributed by atoms with Crippen molar-refractivity contribution in [2.75, 3.05) is 13.2 Å². The molecule has 0 bridgehead atoms. The van der Waals surface area contributed by atoms with Gasteiger partial charge in [0.2, 0.25) is 0 Å². The lowest BCUT2D eigenvalue weighted by Gasteiger charge is -2.34. The Labute approximate surface area is 129 Å². The maximum absolute atomic E-state index is 13.0. The molecule has 0 aromatic heterocycles. The fourth-order valence-corrected chi connectivity index (χ4v) is 4.28. The molecule has 1 aromatic rings. The van der Waals surface area contributed by atoms with Crippen LogP contribution in [0.3, 0.4) is 0 Å². The van der Waals surface area contributed by atoms with Crippen molar-refractivity contribution < 1.29 is 23.5 Å². The van der Waals surface area contributed by atoms with Gasteiger partial charge in [0.05, 0.1) is 19.6 Å². The van der Waals surface area contributed by atoms with E-state index in [0.717, 1.165) is 0 Å². The summed E-state index contributed by atoms with van der Waals surface area (Å²) in [5.74, 6) is -0.336. The van der Waals surface area contributed by atoms with Crippen LogP contribution >= 0.6 is 19.2 Å². The largest absolute Gasteiger partial charge is 0.373 e. The predicted octanol–water partition coefficient (Wildman–Crippen LogP) is 3.73. The van der Waals surface area contributed by atoms with Crippen molar-refractivity contribution in [3.63, 3.8) is 0 Å². The zero-order chi connectivity index (χ0) is 16.1. The van der Waals surface area contributed by atoms with Gasteiger partial charge in [-0.15, -0.1) is 0 Å². The van der Waals surface area contributed by atoms with Crippen LogP contribution in [0.5, 0.6) is 0 Å². The molecule has 0 spiro atoms. The minimum Gasteiger partial charge on any atom is -0.373 e. The molecule has 0 aliphatic rings. The zero-order valence-electron chi connectivity index (χ0n) is 12.3. The highest BCUT2D eigenvalue weighted by Crippen LogP contribution is 2.65. The molecule has 0 saturated carbocycles. The van der Waals surface area contributed by atoms with E-state index in [2.05, 4.69) is 0 Å². The Bertz CT molecular complexity index is 538. The molecular formula is C14H20ClO5P. The van der Waals surface area contributed by atoms with Crippen LogP contribution in [0.25, 0.3) is 0 Å². The first kappa shape index (κ1) is 18.3. The van der Waals surface area contributed by atoms with Gasteiger partial charge in [0.25, 0.3) is 0 Å². The van der Waals surface area contributed by atoms with E-state index in [1.807, 2.05) is 0 Å². The van der Waals surface area contributed by atoms with Crippen molar-refractivity contribution >= 4 is 25.0 Å².